The number of fused-ring (bicyclic) bond motifs is 1. The molecule has 0 radical (unpaired) electrons. The van der Waals surface area contributed by atoms with Gasteiger partial charge in [-0.25, -0.2) is 0 Å². The predicted octanol–water partition coefficient (Wildman–Crippen LogP) is 5.14. The van der Waals surface area contributed by atoms with E-state index in [1.54, 1.807) is 40.9 Å². The molecule has 1 atom stereocenters. The highest BCUT2D eigenvalue weighted by Crippen LogP contribution is 2.44. The maximum Gasteiger partial charge on any atom is 0.257 e. The zero-order valence-corrected chi connectivity index (χ0v) is 18.5. The molecule has 0 bridgehead atoms. The first-order valence-corrected chi connectivity index (χ1v) is 11.5. The summed E-state index contributed by atoms with van der Waals surface area (Å²) in [4.78, 5) is 27.0. The van der Waals surface area contributed by atoms with E-state index >= 15 is 0 Å². The zero-order valence-electron chi connectivity index (χ0n) is 16.9. The molecule has 2 amide bonds. The Kier molecular flexibility index (Phi) is 5.68. The minimum absolute atomic E-state index is 0.0350. The van der Waals surface area contributed by atoms with E-state index in [0.717, 1.165) is 11.3 Å². The minimum atomic E-state index is -0.272. The van der Waals surface area contributed by atoms with Crippen LogP contribution in [0.2, 0.25) is 5.02 Å². The van der Waals surface area contributed by atoms with E-state index in [9.17, 15) is 9.59 Å². The van der Waals surface area contributed by atoms with Crippen LogP contribution >= 0.6 is 23.4 Å². The van der Waals surface area contributed by atoms with Crippen LogP contribution in [-0.4, -0.2) is 30.8 Å². The molecule has 2 aliphatic heterocycles. The Morgan fingerprint density at radius 3 is 2.53 bits per heavy atom. The minimum Gasteiger partial charge on any atom is -0.486 e. The van der Waals surface area contributed by atoms with Crippen molar-refractivity contribution >= 4 is 46.6 Å². The monoisotopic (exact) mass is 466 g/mol. The molecule has 1 N–H and O–H groups in total. The zero-order chi connectivity index (χ0) is 22.1. The third-order valence-electron chi connectivity index (χ3n) is 5.24. The molecule has 0 aliphatic carbocycles. The maximum absolute atomic E-state index is 12.7. The molecule has 2 heterocycles. The number of benzene rings is 3. The Labute approximate surface area is 194 Å². The van der Waals surface area contributed by atoms with Crippen LogP contribution in [0.4, 0.5) is 11.4 Å². The number of amides is 2. The van der Waals surface area contributed by atoms with Crippen LogP contribution in [0.25, 0.3) is 0 Å². The fraction of sp³-hybridized carbons (Fsp3) is 0.167. The summed E-state index contributed by atoms with van der Waals surface area (Å²) < 4.78 is 11.3. The molecule has 162 valence electrons. The quantitative estimate of drug-likeness (QED) is 0.576. The van der Waals surface area contributed by atoms with Gasteiger partial charge in [-0.05, 0) is 42.0 Å². The summed E-state index contributed by atoms with van der Waals surface area (Å²) in [5, 5.41) is 3.09. The van der Waals surface area contributed by atoms with E-state index < -0.39 is 0 Å². The number of carbonyl (C=O) groups is 2. The molecule has 0 unspecified atom stereocenters. The van der Waals surface area contributed by atoms with Crippen LogP contribution in [0, 0.1) is 0 Å². The van der Waals surface area contributed by atoms with Crippen LogP contribution < -0.4 is 19.7 Å². The summed E-state index contributed by atoms with van der Waals surface area (Å²) in [5.74, 6) is 1.49. The van der Waals surface area contributed by atoms with E-state index in [1.807, 2.05) is 42.5 Å². The summed E-state index contributed by atoms with van der Waals surface area (Å²) in [5.41, 5.74) is 2.80. The Bertz CT molecular complexity index is 1180. The highest BCUT2D eigenvalue weighted by molar-refractivity contribution is 8.00. The smallest absolute Gasteiger partial charge is 0.257 e. The van der Waals surface area contributed by atoms with Gasteiger partial charge in [0.05, 0.1) is 16.3 Å². The number of thioether (sulfide) groups is 1. The van der Waals surface area contributed by atoms with Gasteiger partial charge in [0.25, 0.3) is 5.91 Å². The van der Waals surface area contributed by atoms with Gasteiger partial charge in [-0.3, -0.25) is 14.5 Å². The molecule has 1 saturated heterocycles. The first-order valence-electron chi connectivity index (χ1n) is 10.1. The van der Waals surface area contributed by atoms with Crippen molar-refractivity contribution in [3.63, 3.8) is 0 Å². The molecular weight excluding hydrogens is 448 g/mol. The molecule has 32 heavy (non-hydrogen) atoms. The highest BCUT2D eigenvalue weighted by atomic mass is 35.5. The van der Waals surface area contributed by atoms with Crippen LogP contribution in [0.1, 0.15) is 21.3 Å². The van der Waals surface area contributed by atoms with Gasteiger partial charge in [-0.2, -0.15) is 0 Å². The van der Waals surface area contributed by atoms with Crippen LogP contribution in [0.5, 0.6) is 11.5 Å². The third kappa shape index (κ3) is 4.01. The van der Waals surface area contributed by atoms with Crippen LogP contribution in [-0.2, 0) is 4.79 Å². The molecule has 3 aromatic rings. The molecule has 6 nitrogen and oxygen atoms in total. The Balaban J connectivity index is 1.35. The summed E-state index contributed by atoms with van der Waals surface area (Å²) in [6.07, 6.45) is 0. The standard InChI is InChI=1S/C24H19ClN2O4S/c25-19-4-2-1-3-18(19)23(29)26-16-7-5-15(6-8-16)24-27(22(28)14-32-24)17-9-10-20-21(13-17)31-12-11-30-20/h1-10,13,24H,11-12,14H2,(H,26,29)/t24-/m1/s1. The third-order valence-corrected chi connectivity index (χ3v) is 6.79. The molecule has 1 fully saturated rings. The number of halogens is 1. The largest absolute Gasteiger partial charge is 0.486 e. The number of carbonyl (C=O) groups excluding carboxylic acids is 2. The second kappa shape index (κ2) is 8.76. The van der Waals surface area contributed by atoms with E-state index in [2.05, 4.69) is 5.32 Å². The van der Waals surface area contributed by atoms with Gasteiger partial charge in [0.1, 0.15) is 18.6 Å². The lowest BCUT2D eigenvalue weighted by molar-refractivity contribution is -0.115. The Hall–Kier alpha value is -3.16. The van der Waals surface area contributed by atoms with Crippen molar-refractivity contribution in [2.75, 3.05) is 29.2 Å². The summed E-state index contributed by atoms with van der Waals surface area (Å²) >= 11 is 7.67. The van der Waals surface area contributed by atoms with Gasteiger partial charge < -0.3 is 14.8 Å². The van der Waals surface area contributed by atoms with Crippen molar-refractivity contribution in [3.05, 3.63) is 82.9 Å². The topological polar surface area (TPSA) is 67.9 Å². The van der Waals surface area contributed by atoms with Gasteiger partial charge in [0, 0.05) is 17.4 Å². The van der Waals surface area contributed by atoms with Crippen molar-refractivity contribution in [3.8, 4) is 11.5 Å². The van der Waals surface area contributed by atoms with Crippen molar-refractivity contribution in [2.24, 2.45) is 0 Å². The second-order valence-electron chi connectivity index (χ2n) is 7.31. The second-order valence-corrected chi connectivity index (χ2v) is 8.79. The Morgan fingerprint density at radius 1 is 1.00 bits per heavy atom. The average Bonchev–Trinajstić information content (AvgIpc) is 3.20. The number of nitrogens with one attached hydrogen (secondary N) is 1. The molecule has 0 spiro atoms. The molecule has 0 saturated carbocycles. The number of anilines is 2. The van der Waals surface area contributed by atoms with E-state index in [-0.39, 0.29) is 17.2 Å². The lowest BCUT2D eigenvalue weighted by atomic mass is 10.1. The van der Waals surface area contributed by atoms with Gasteiger partial charge >= 0.3 is 0 Å². The summed E-state index contributed by atoms with van der Waals surface area (Å²) in [6, 6.07) is 20.0. The summed E-state index contributed by atoms with van der Waals surface area (Å²) in [6.45, 7) is 1.01. The van der Waals surface area contributed by atoms with Gasteiger partial charge in [0.2, 0.25) is 5.91 Å². The van der Waals surface area contributed by atoms with Gasteiger partial charge in [0.15, 0.2) is 11.5 Å². The highest BCUT2D eigenvalue weighted by Gasteiger charge is 2.34. The fourth-order valence-corrected chi connectivity index (χ4v) is 5.11. The van der Waals surface area contributed by atoms with Crippen molar-refractivity contribution in [1.29, 1.82) is 0 Å². The van der Waals surface area contributed by atoms with Gasteiger partial charge in [-0.1, -0.05) is 35.9 Å². The van der Waals surface area contributed by atoms with Crippen LogP contribution in [0.15, 0.2) is 66.7 Å². The van der Waals surface area contributed by atoms with E-state index in [0.29, 0.717) is 46.7 Å². The lowest BCUT2D eigenvalue weighted by Gasteiger charge is -2.26. The van der Waals surface area contributed by atoms with Crippen molar-refractivity contribution in [2.45, 2.75) is 5.37 Å². The van der Waals surface area contributed by atoms with Crippen molar-refractivity contribution < 1.29 is 19.1 Å². The molecule has 5 rings (SSSR count). The first-order chi connectivity index (χ1) is 15.6. The number of hydrogen-bond acceptors (Lipinski definition) is 5. The predicted molar refractivity (Wildman–Crippen MR) is 126 cm³/mol. The van der Waals surface area contributed by atoms with Crippen LogP contribution in [0.3, 0.4) is 0 Å². The lowest BCUT2D eigenvalue weighted by Crippen LogP contribution is -2.28. The Morgan fingerprint density at radius 2 is 1.75 bits per heavy atom. The molecule has 0 aromatic heterocycles. The van der Waals surface area contributed by atoms with Crippen molar-refractivity contribution in [1.82, 2.24) is 0 Å². The molecule has 8 heteroatoms. The number of nitrogens with zero attached hydrogens (tertiary/aromatic N) is 1. The molecular formula is C24H19ClN2O4S. The first kappa shape index (κ1) is 20.7. The van der Waals surface area contributed by atoms with E-state index in [4.69, 9.17) is 21.1 Å². The average molecular weight is 467 g/mol. The number of ether oxygens (including phenoxy) is 2. The molecule has 2 aliphatic rings. The normalized spacial score (nSPS) is 17.3. The molecule has 3 aromatic carbocycles. The summed E-state index contributed by atoms with van der Waals surface area (Å²) in [7, 11) is 0. The number of hydrogen-bond donors (Lipinski definition) is 1. The van der Waals surface area contributed by atoms with E-state index in [1.165, 1.54) is 0 Å². The SMILES string of the molecule is O=C(Nc1ccc([C@H]2SCC(=O)N2c2ccc3c(c2)OCCO3)cc1)c1ccccc1Cl. The fourth-order valence-electron chi connectivity index (χ4n) is 3.71. The van der Waals surface area contributed by atoms with Gasteiger partial charge in [-0.15, -0.1) is 11.8 Å². The number of rotatable bonds is 4. The maximum atomic E-state index is 12.7.